The Kier molecular flexibility index (Phi) is 10.4. The SMILES string of the molecule is Cc1cc(C(=O)NC2CCNCC2)ccc1-c1ccc(CC(NC(=O)C2CCC(CN)CC2)C(=O)Nc2ccc3c(=O)[nH][nH]c3c2)cc1. The van der Waals surface area contributed by atoms with Gasteiger partial charge in [-0.1, -0.05) is 30.3 Å². The Balaban J connectivity index is 1.15. The molecule has 252 valence electrons. The van der Waals surface area contributed by atoms with Gasteiger partial charge in [0.2, 0.25) is 11.8 Å². The van der Waals surface area contributed by atoms with Gasteiger partial charge in [-0.25, -0.2) is 0 Å². The Morgan fingerprint density at radius 3 is 2.35 bits per heavy atom. The van der Waals surface area contributed by atoms with Crippen LogP contribution in [0, 0.1) is 18.8 Å². The summed E-state index contributed by atoms with van der Waals surface area (Å²) in [7, 11) is 0. The molecule has 0 bridgehead atoms. The number of aromatic amines is 2. The first-order valence-electron chi connectivity index (χ1n) is 17.0. The molecule has 6 rings (SSSR count). The molecule has 1 aliphatic carbocycles. The largest absolute Gasteiger partial charge is 0.349 e. The van der Waals surface area contributed by atoms with Gasteiger partial charge < -0.3 is 27.0 Å². The molecule has 1 unspecified atom stereocenters. The van der Waals surface area contributed by atoms with E-state index >= 15 is 0 Å². The lowest BCUT2D eigenvalue weighted by Crippen LogP contribution is -2.48. The fourth-order valence-corrected chi connectivity index (χ4v) is 6.92. The third-order valence-corrected chi connectivity index (χ3v) is 9.89. The number of anilines is 1. The number of carbonyl (C=O) groups excluding carboxylic acids is 3. The topological polar surface area (TPSA) is 174 Å². The number of carbonyl (C=O) groups is 3. The molecule has 2 fully saturated rings. The minimum Gasteiger partial charge on any atom is -0.349 e. The first-order chi connectivity index (χ1) is 23.3. The number of fused-ring (bicyclic) bond motifs is 1. The van der Waals surface area contributed by atoms with Gasteiger partial charge in [-0.15, -0.1) is 0 Å². The van der Waals surface area contributed by atoms with Crippen molar-refractivity contribution < 1.29 is 14.4 Å². The number of nitrogens with one attached hydrogen (secondary N) is 6. The first kappa shape index (κ1) is 33.2. The molecule has 2 aliphatic rings. The molecule has 4 aromatic rings. The summed E-state index contributed by atoms with van der Waals surface area (Å²) in [5.74, 6) is -0.216. The number of aryl methyl sites for hydroxylation is 1. The van der Waals surface area contributed by atoms with Gasteiger partial charge in [0.15, 0.2) is 0 Å². The number of rotatable bonds is 10. The summed E-state index contributed by atoms with van der Waals surface area (Å²) in [4.78, 5) is 51.9. The molecule has 2 heterocycles. The molecule has 1 aliphatic heterocycles. The van der Waals surface area contributed by atoms with Gasteiger partial charge in [0.25, 0.3) is 11.5 Å². The highest BCUT2D eigenvalue weighted by molar-refractivity contribution is 5.99. The zero-order valence-corrected chi connectivity index (χ0v) is 27.4. The molecule has 3 amide bonds. The van der Waals surface area contributed by atoms with Crippen molar-refractivity contribution in [3.8, 4) is 11.1 Å². The third-order valence-electron chi connectivity index (χ3n) is 9.89. The van der Waals surface area contributed by atoms with Gasteiger partial charge in [0.05, 0.1) is 10.9 Å². The van der Waals surface area contributed by atoms with E-state index in [9.17, 15) is 19.2 Å². The van der Waals surface area contributed by atoms with E-state index in [0.717, 1.165) is 73.9 Å². The molecule has 0 spiro atoms. The van der Waals surface area contributed by atoms with Gasteiger partial charge in [0, 0.05) is 29.6 Å². The Morgan fingerprint density at radius 2 is 1.65 bits per heavy atom. The summed E-state index contributed by atoms with van der Waals surface area (Å²) in [6, 6.07) is 18.1. The van der Waals surface area contributed by atoms with Gasteiger partial charge in [-0.05, 0) is 124 Å². The molecular formula is C37H45N7O4. The summed E-state index contributed by atoms with van der Waals surface area (Å²) in [5, 5.41) is 18.3. The van der Waals surface area contributed by atoms with Crippen LogP contribution in [0.5, 0.6) is 0 Å². The van der Waals surface area contributed by atoms with Crippen LogP contribution in [0.4, 0.5) is 5.69 Å². The van der Waals surface area contributed by atoms with E-state index in [0.29, 0.717) is 41.0 Å². The zero-order chi connectivity index (χ0) is 33.6. The standard InChI is InChI=1S/C37H45N7O4/c1-22-18-27(35(46)40-28-14-16-39-17-15-28)10-12-30(22)25-6-2-23(3-7-25)19-33(42-34(45)26-8-4-24(21-38)5-9-26)37(48)41-29-11-13-31-32(20-29)43-44-36(31)47/h2-3,6-7,10-13,18,20,24,26,28,33,39H,4-5,8-9,14-17,19,21,38H2,1H3,(H,40,46)(H,41,48)(H,42,45)(H2,43,44,47). The number of amides is 3. The molecule has 1 aromatic heterocycles. The molecule has 1 saturated carbocycles. The fraction of sp³-hybridized carbons (Fsp3) is 0.405. The number of hydrogen-bond acceptors (Lipinski definition) is 6. The summed E-state index contributed by atoms with van der Waals surface area (Å²) in [6.45, 7) is 4.46. The second-order valence-electron chi connectivity index (χ2n) is 13.3. The molecule has 11 heteroatoms. The maximum Gasteiger partial charge on any atom is 0.271 e. The van der Waals surface area contributed by atoms with E-state index in [1.54, 1.807) is 18.2 Å². The molecule has 1 saturated heterocycles. The number of piperidine rings is 1. The van der Waals surface area contributed by atoms with Crippen LogP contribution < -0.4 is 32.6 Å². The number of H-pyrrole nitrogens is 2. The molecule has 48 heavy (non-hydrogen) atoms. The lowest BCUT2D eigenvalue weighted by atomic mass is 9.81. The number of benzene rings is 3. The van der Waals surface area contributed by atoms with Crippen LogP contribution in [0.2, 0.25) is 0 Å². The number of hydrogen-bond donors (Lipinski definition) is 7. The summed E-state index contributed by atoms with van der Waals surface area (Å²) >= 11 is 0. The molecule has 3 aromatic carbocycles. The molecule has 11 nitrogen and oxygen atoms in total. The second kappa shape index (κ2) is 15.0. The number of aromatic nitrogens is 2. The van der Waals surface area contributed by atoms with E-state index in [1.807, 2.05) is 49.4 Å². The second-order valence-corrected chi connectivity index (χ2v) is 13.3. The van der Waals surface area contributed by atoms with Crippen LogP contribution in [0.1, 0.15) is 60.0 Å². The monoisotopic (exact) mass is 651 g/mol. The molecule has 1 atom stereocenters. The highest BCUT2D eigenvalue weighted by Gasteiger charge is 2.29. The number of nitrogens with two attached hydrogens (primary N) is 1. The van der Waals surface area contributed by atoms with Crippen LogP contribution in [-0.4, -0.2) is 59.6 Å². The van der Waals surface area contributed by atoms with Gasteiger partial charge in [-0.2, -0.15) is 0 Å². The fourth-order valence-electron chi connectivity index (χ4n) is 6.92. The lowest BCUT2D eigenvalue weighted by molar-refractivity contribution is -0.130. The maximum atomic E-state index is 13.7. The first-order valence-corrected chi connectivity index (χ1v) is 17.0. The van der Waals surface area contributed by atoms with Crippen LogP contribution >= 0.6 is 0 Å². The Hall–Kier alpha value is -4.74. The van der Waals surface area contributed by atoms with Gasteiger partial charge in [0.1, 0.15) is 6.04 Å². The lowest BCUT2D eigenvalue weighted by Gasteiger charge is -2.28. The third kappa shape index (κ3) is 7.86. The van der Waals surface area contributed by atoms with Gasteiger partial charge >= 0.3 is 0 Å². The van der Waals surface area contributed by atoms with Crippen molar-refractivity contribution >= 4 is 34.3 Å². The van der Waals surface area contributed by atoms with E-state index in [4.69, 9.17) is 5.73 Å². The predicted octanol–water partition coefficient (Wildman–Crippen LogP) is 3.74. The highest BCUT2D eigenvalue weighted by Crippen LogP contribution is 2.29. The summed E-state index contributed by atoms with van der Waals surface area (Å²) in [6.07, 6.45) is 5.49. The van der Waals surface area contributed by atoms with E-state index < -0.39 is 6.04 Å². The Morgan fingerprint density at radius 1 is 0.896 bits per heavy atom. The van der Waals surface area contributed by atoms with E-state index in [1.165, 1.54) is 0 Å². The van der Waals surface area contributed by atoms with Crippen molar-refractivity contribution in [2.24, 2.45) is 17.6 Å². The smallest absolute Gasteiger partial charge is 0.271 e. The van der Waals surface area contributed by atoms with Crippen LogP contribution in [0.25, 0.3) is 22.0 Å². The molecular weight excluding hydrogens is 606 g/mol. The maximum absolute atomic E-state index is 13.7. The van der Waals surface area contributed by atoms with E-state index in [2.05, 4.69) is 31.5 Å². The quantitative estimate of drug-likeness (QED) is 0.138. The van der Waals surface area contributed by atoms with Crippen LogP contribution in [-0.2, 0) is 16.0 Å². The van der Waals surface area contributed by atoms with Crippen LogP contribution in [0.3, 0.4) is 0 Å². The highest BCUT2D eigenvalue weighted by atomic mass is 16.2. The van der Waals surface area contributed by atoms with Crippen molar-refractivity contribution in [2.75, 3.05) is 25.0 Å². The van der Waals surface area contributed by atoms with Crippen molar-refractivity contribution in [3.05, 3.63) is 87.7 Å². The van der Waals surface area contributed by atoms with Crippen molar-refractivity contribution in [3.63, 3.8) is 0 Å². The Labute approximate surface area is 279 Å². The molecule has 8 N–H and O–H groups in total. The average molecular weight is 652 g/mol. The Bertz CT molecular complexity index is 1820. The summed E-state index contributed by atoms with van der Waals surface area (Å²) in [5.41, 5.74) is 11.3. The predicted molar refractivity (Wildman–Crippen MR) is 188 cm³/mol. The minimum atomic E-state index is -0.809. The normalized spacial score (nSPS) is 19.0. The van der Waals surface area contributed by atoms with E-state index in [-0.39, 0.29) is 35.2 Å². The summed E-state index contributed by atoms with van der Waals surface area (Å²) < 4.78 is 0. The van der Waals surface area contributed by atoms with Crippen molar-refractivity contribution in [1.82, 2.24) is 26.1 Å². The average Bonchev–Trinajstić information content (AvgIpc) is 3.48. The minimum absolute atomic E-state index is 0.0491. The molecule has 0 radical (unpaired) electrons. The zero-order valence-electron chi connectivity index (χ0n) is 27.4. The van der Waals surface area contributed by atoms with Gasteiger partial charge in [-0.3, -0.25) is 29.4 Å². The van der Waals surface area contributed by atoms with Crippen LogP contribution in [0.15, 0.2) is 65.5 Å². The van der Waals surface area contributed by atoms with Crippen molar-refractivity contribution in [2.45, 2.75) is 64.0 Å². The van der Waals surface area contributed by atoms with Crippen molar-refractivity contribution in [1.29, 1.82) is 0 Å².